The van der Waals surface area contributed by atoms with Crippen molar-refractivity contribution >= 4 is 45.0 Å². The maximum atomic E-state index is 12.1. The number of nitrogens with one attached hydrogen (secondary N) is 1. The number of rotatable bonds is 6. The zero-order chi connectivity index (χ0) is 15.1. The molecule has 22 heavy (non-hydrogen) atoms. The summed E-state index contributed by atoms with van der Waals surface area (Å²) < 4.78 is 28.0. The van der Waals surface area contributed by atoms with Gasteiger partial charge in [0.25, 0.3) is 0 Å². The minimum atomic E-state index is -3.36. The number of benzene rings is 1. The van der Waals surface area contributed by atoms with E-state index in [4.69, 9.17) is 0 Å². The van der Waals surface area contributed by atoms with Crippen LogP contribution in [0.3, 0.4) is 0 Å². The highest BCUT2D eigenvalue weighted by atomic mass is 127. The van der Waals surface area contributed by atoms with Gasteiger partial charge in [-0.25, -0.2) is 13.1 Å². The quantitative estimate of drug-likeness (QED) is 0.526. The molecule has 1 heterocycles. The molecule has 0 radical (unpaired) electrons. The largest absolute Gasteiger partial charge is 0.303 e. The molecule has 0 spiro atoms. The van der Waals surface area contributed by atoms with Crippen molar-refractivity contribution in [3.05, 3.63) is 27.8 Å². The molecule has 0 aliphatic carbocycles. The molecule has 2 rings (SSSR count). The van der Waals surface area contributed by atoms with Crippen molar-refractivity contribution in [2.75, 3.05) is 26.2 Å². The Morgan fingerprint density at radius 1 is 1.05 bits per heavy atom. The van der Waals surface area contributed by atoms with Crippen molar-refractivity contribution in [2.24, 2.45) is 0 Å². The second kappa shape index (κ2) is 10.1. The highest BCUT2D eigenvalue weighted by Crippen LogP contribution is 2.12. The Bertz CT molecular complexity index is 529. The maximum absolute atomic E-state index is 12.1. The van der Waals surface area contributed by atoms with E-state index in [9.17, 15) is 8.42 Å². The van der Waals surface area contributed by atoms with Gasteiger partial charge in [0.05, 0.1) is 4.90 Å². The van der Waals surface area contributed by atoms with E-state index in [0.29, 0.717) is 11.4 Å². The first-order valence-electron chi connectivity index (χ1n) is 7.55. The first-order valence-corrected chi connectivity index (χ1v) is 10.1. The van der Waals surface area contributed by atoms with Crippen LogP contribution in [-0.2, 0) is 10.0 Å². The van der Waals surface area contributed by atoms with Crippen molar-refractivity contribution in [1.82, 2.24) is 9.62 Å². The van der Waals surface area contributed by atoms with E-state index in [2.05, 4.69) is 32.2 Å². The van der Waals surface area contributed by atoms with E-state index >= 15 is 0 Å². The van der Waals surface area contributed by atoms with Gasteiger partial charge in [-0.3, -0.25) is 0 Å². The van der Waals surface area contributed by atoms with Crippen LogP contribution in [0.4, 0.5) is 0 Å². The normalized spacial score (nSPS) is 16.8. The van der Waals surface area contributed by atoms with Crippen LogP contribution >= 0.6 is 35.0 Å². The van der Waals surface area contributed by atoms with E-state index in [1.54, 1.807) is 12.1 Å². The molecular formula is C15H24ClIN2O2S. The molecule has 1 N–H and O–H groups in total. The Morgan fingerprint density at radius 2 is 1.64 bits per heavy atom. The minimum absolute atomic E-state index is 0. The van der Waals surface area contributed by atoms with Crippen LogP contribution in [0.25, 0.3) is 0 Å². The lowest BCUT2D eigenvalue weighted by Gasteiger charge is -2.19. The molecule has 126 valence electrons. The number of nitrogens with zero attached hydrogens (tertiary/aromatic N) is 1. The summed E-state index contributed by atoms with van der Waals surface area (Å²) in [6, 6.07) is 6.93. The zero-order valence-electron chi connectivity index (χ0n) is 12.6. The van der Waals surface area contributed by atoms with E-state index < -0.39 is 10.0 Å². The third-order valence-corrected chi connectivity index (χ3v) is 5.96. The van der Waals surface area contributed by atoms with E-state index in [1.165, 1.54) is 25.7 Å². The van der Waals surface area contributed by atoms with Crippen LogP contribution < -0.4 is 4.72 Å². The molecule has 0 bridgehead atoms. The minimum Gasteiger partial charge on any atom is -0.303 e. The van der Waals surface area contributed by atoms with Gasteiger partial charge in [-0.05, 0) is 85.8 Å². The van der Waals surface area contributed by atoms with E-state index in [1.807, 2.05) is 12.1 Å². The molecule has 4 nitrogen and oxygen atoms in total. The third kappa shape index (κ3) is 6.70. The van der Waals surface area contributed by atoms with Crippen molar-refractivity contribution in [3.63, 3.8) is 0 Å². The summed E-state index contributed by atoms with van der Waals surface area (Å²) in [5, 5.41) is 0. The molecule has 1 fully saturated rings. The highest BCUT2D eigenvalue weighted by molar-refractivity contribution is 14.1. The third-order valence-electron chi connectivity index (χ3n) is 3.77. The lowest BCUT2D eigenvalue weighted by molar-refractivity contribution is 0.282. The lowest BCUT2D eigenvalue weighted by atomic mass is 10.2. The molecule has 0 aromatic heterocycles. The summed E-state index contributed by atoms with van der Waals surface area (Å²) in [7, 11) is -3.36. The lowest BCUT2D eigenvalue weighted by Crippen LogP contribution is -2.30. The summed E-state index contributed by atoms with van der Waals surface area (Å²) in [5.74, 6) is 0. The average Bonchev–Trinajstić information content (AvgIpc) is 2.73. The van der Waals surface area contributed by atoms with Crippen molar-refractivity contribution < 1.29 is 8.42 Å². The van der Waals surface area contributed by atoms with Gasteiger partial charge in [0, 0.05) is 10.1 Å². The van der Waals surface area contributed by atoms with Crippen molar-refractivity contribution in [3.8, 4) is 0 Å². The first-order chi connectivity index (χ1) is 10.1. The van der Waals surface area contributed by atoms with Gasteiger partial charge >= 0.3 is 0 Å². The van der Waals surface area contributed by atoms with Gasteiger partial charge in [0.15, 0.2) is 0 Å². The summed E-state index contributed by atoms with van der Waals surface area (Å²) in [5.41, 5.74) is 0. The second-order valence-corrected chi connectivity index (χ2v) is 8.47. The zero-order valence-corrected chi connectivity index (χ0v) is 16.4. The average molecular weight is 459 g/mol. The Morgan fingerprint density at radius 3 is 2.23 bits per heavy atom. The summed E-state index contributed by atoms with van der Waals surface area (Å²) in [6.45, 7) is 3.80. The number of halogens is 2. The summed E-state index contributed by atoms with van der Waals surface area (Å²) in [4.78, 5) is 2.80. The molecule has 1 aliphatic rings. The van der Waals surface area contributed by atoms with Gasteiger partial charge in [0.2, 0.25) is 10.0 Å². The van der Waals surface area contributed by atoms with E-state index in [0.717, 1.165) is 29.6 Å². The first kappa shape index (κ1) is 20.2. The number of hydrogen-bond donors (Lipinski definition) is 1. The fraction of sp³-hybridized carbons (Fsp3) is 0.600. The van der Waals surface area contributed by atoms with Crippen LogP contribution in [0.15, 0.2) is 29.2 Å². The molecule has 0 unspecified atom stereocenters. The van der Waals surface area contributed by atoms with Crippen LogP contribution in [0.2, 0.25) is 0 Å². The molecular weight excluding hydrogens is 435 g/mol. The highest BCUT2D eigenvalue weighted by Gasteiger charge is 2.13. The monoisotopic (exact) mass is 458 g/mol. The van der Waals surface area contributed by atoms with Gasteiger partial charge in [-0.1, -0.05) is 12.8 Å². The van der Waals surface area contributed by atoms with Crippen LogP contribution in [0, 0.1) is 3.57 Å². The molecule has 1 aliphatic heterocycles. The number of sulfonamides is 1. The van der Waals surface area contributed by atoms with Gasteiger partial charge in [0.1, 0.15) is 0 Å². The van der Waals surface area contributed by atoms with Gasteiger partial charge in [-0.15, -0.1) is 12.4 Å². The SMILES string of the molecule is Cl.O=S(=O)(NCCCN1CCCCCC1)c1ccc(I)cc1. The summed E-state index contributed by atoms with van der Waals surface area (Å²) >= 11 is 2.17. The van der Waals surface area contributed by atoms with Crippen LogP contribution in [0.1, 0.15) is 32.1 Å². The van der Waals surface area contributed by atoms with Crippen LogP contribution in [-0.4, -0.2) is 39.5 Å². The van der Waals surface area contributed by atoms with Crippen LogP contribution in [0.5, 0.6) is 0 Å². The standard InChI is InChI=1S/C15H23IN2O2S.ClH/c16-14-6-8-15(9-7-14)21(19,20)17-10-5-13-18-11-3-1-2-4-12-18;/h6-9,17H,1-5,10-13H2;1H. The Labute approximate surface area is 153 Å². The molecule has 0 saturated carbocycles. The molecule has 0 atom stereocenters. The van der Waals surface area contributed by atoms with E-state index in [-0.39, 0.29) is 12.4 Å². The van der Waals surface area contributed by atoms with Gasteiger partial charge < -0.3 is 4.90 Å². The molecule has 1 saturated heterocycles. The summed E-state index contributed by atoms with van der Waals surface area (Å²) in [6.07, 6.45) is 6.07. The Hall–Kier alpha value is 0.110. The maximum Gasteiger partial charge on any atom is 0.240 e. The topological polar surface area (TPSA) is 49.4 Å². The fourth-order valence-electron chi connectivity index (χ4n) is 2.57. The molecule has 0 amide bonds. The molecule has 1 aromatic rings. The molecule has 7 heteroatoms. The molecule has 1 aromatic carbocycles. The fourth-order valence-corrected chi connectivity index (χ4v) is 4.00. The predicted octanol–water partition coefficient (Wildman–Crippen LogP) is 3.26. The predicted molar refractivity (Wildman–Crippen MR) is 101 cm³/mol. The number of likely N-dealkylation sites (tertiary alicyclic amines) is 1. The number of hydrogen-bond acceptors (Lipinski definition) is 3. The Kier molecular flexibility index (Phi) is 9.23. The van der Waals surface area contributed by atoms with Crippen molar-refractivity contribution in [2.45, 2.75) is 37.0 Å². The Balaban J connectivity index is 0.00000242. The van der Waals surface area contributed by atoms with Crippen molar-refractivity contribution in [1.29, 1.82) is 0 Å². The smallest absolute Gasteiger partial charge is 0.240 e. The van der Waals surface area contributed by atoms with Gasteiger partial charge in [-0.2, -0.15) is 0 Å². The second-order valence-electron chi connectivity index (χ2n) is 5.46.